The van der Waals surface area contributed by atoms with Crippen molar-refractivity contribution in [3.05, 3.63) is 83.9 Å². The molecule has 3 amide bonds. The third kappa shape index (κ3) is 6.93. The molecule has 9 rings (SSSR count). The van der Waals surface area contributed by atoms with E-state index in [4.69, 9.17) is 14.5 Å². The highest BCUT2D eigenvalue weighted by Gasteiger charge is 2.64. The zero-order valence-corrected chi connectivity index (χ0v) is 31.2. The largest absolute Gasteiger partial charge is 0.496 e. The molecule has 3 fully saturated rings. The van der Waals surface area contributed by atoms with Gasteiger partial charge in [0.1, 0.15) is 28.7 Å². The van der Waals surface area contributed by atoms with Gasteiger partial charge in [-0.15, -0.1) is 17.9 Å². The molecule has 54 heavy (non-hydrogen) atoms. The Hall–Kier alpha value is -5.28. The molecule has 0 spiro atoms. The molecule has 0 saturated heterocycles. The molecule has 280 valence electrons. The number of thiazole rings is 1. The molecule has 2 aromatic heterocycles. The number of anilines is 1. The maximum absolute atomic E-state index is 14.3. The van der Waals surface area contributed by atoms with Crippen LogP contribution in [-0.2, 0) is 30.8 Å². The number of pyridine rings is 1. The lowest BCUT2D eigenvalue weighted by atomic mass is 9.73. The van der Waals surface area contributed by atoms with Crippen LogP contribution in [0.15, 0.2) is 72.6 Å². The predicted octanol–water partition coefficient (Wildman–Crippen LogP) is 4.50. The quantitative estimate of drug-likeness (QED) is 0.187. The van der Waals surface area contributed by atoms with Gasteiger partial charge in [-0.3, -0.25) is 19.1 Å². The fourth-order valence-electron chi connectivity index (χ4n) is 7.18. The first-order valence-corrected chi connectivity index (χ1v) is 20.4. The van der Waals surface area contributed by atoms with E-state index >= 15 is 0 Å². The number of carbonyl (C=O) groups excluding carboxylic acids is 3. The summed E-state index contributed by atoms with van der Waals surface area (Å²) in [6.07, 6.45) is 7.77. The minimum Gasteiger partial charge on any atom is -0.496 e. The summed E-state index contributed by atoms with van der Waals surface area (Å²) in [7, 11) is -2.25. The summed E-state index contributed by atoms with van der Waals surface area (Å²) in [5.41, 5.74) is 0.966. The number of nitrogens with zero attached hydrogens (tertiary/aromatic N) is 2. The molecule has 3 saturated carbocycles. The van der Waals surface area contributed by atoms with E-state index in [0.29, 0.717) is 47.1 Å². The van der Waals surface area contributed by atoms with Gasteiger partial charge in [0.05, 0.1) is 35.8 Å². The molecule has 13 nitrogen and oxygen atoms in total. The number of amides is 3. The molecule has 5 aliphatic rings. The van der Waals surface area contributed by atoms with Crippen LogP contribution in [0.4, 0.5) is 5.13 Å². The highest BCUT2D eigenvalue weighted by atomic mass is 32.2. The Labute approximate surface area is 316 Å². The van der Waals surface area contributed by atoms with Gasteiger partial charge in [0.25, 0.3) is 5.91 Å². The zero-order valence-electron chi connectivity index (χ0n) is 29.6. The Balaban J connectivity index is 1.14. The number of allylic oxidation sites excluding steroid dienone is 1. The van der Waals surface area contributed by atoms with Gasteiger partial charge in [0.15, 0.2) is 5.13 Å². The van der Waals surface area contributed by atoms with Crippen molar-refractivity contribution >= 4 is 61.2 Å². The fourth-order valence-corrected chi connectivity index (χ4v) is 9.28. The van der Waals surface area contributed by atoms with E-state index in [-0.39, 0.29) is 25.8 Å². The number of benzene rings is 2. The maximum atomic E-state index is 14.3. The number of hydrogen-bond donors (Lipinski definition) is 4. The van der Waals surface area contributed by atoms with Crippen LogP contribution in [0.25, 0.3) is 28.2 Å². The molecular formula is C39H40N6O7S2. The molecule has 0 unspecified atom stereocenters. The van der Waals surface area contributed by atoms with Gasteiger partial charge < -0.3 is 25.4 Å². The van der Waals surface area contributed by atoms with Gasteiger partial charge in [-0.05, 0) is 38.2 Å². The van der Waals surface area contributed by atoms with Gasteiger partial charge in [-0.1, -0.05) is 48.6 Å². The van der Waals surface area contributed by atoms with Crippen molar-refractivity contribution < 1.29 is 32.3 Å². The molecule has 6 bridgehead atoms. The minimum atomic E-state index is -3.87. The van der Waals surface area contributed by atoms with Gasteiger partial charge in [-0.25, -0.2) is 18.4 Å². The van der Waals surface area contributed by atoms with E-state index in [1.54, 1.807) is 7.11 Å². The molecule has 2 aliphatic heterocycles. The lowest BCUT2D eigenvalue weighted by Gasteiger charge is -2.46. The highest BCUT2D eigenvalue weighted by Crippen LogP contribution is 2.47. The molecule has 3 aliphatic carbocycles. The molecule has 0 radical (unpaired) electrons. The summed E-state index contributed by atoms with van der Waals surface area (Å²) in [4.78, 5) is 50.9. The molecule has 4 aromatic rings. The Morgan fingerprint density at radius 1 is 1.09 bits per heavy atom. The standard InChI is InChI=1S/C39H40N6O7S2/c1-3-25-18-39(25,36(48)45-54(49,50)28-13-14-28)44-35(47)38-19-27(20-38)52-33-16-30(23-9-5-4-6-10-23)42-31-17-32(51-2)24(15-29(31)33)11-7-8-12-26-22-53-37(41-26)40-21-34(46)43-38/h3-7,9-11,15-17,22,25,27-28H,1,8,12-14,18-21H2,2H3,(H,40,41)(H,43,46)(H,44,47)(H,45,48)/b11-7-/t25-,27?,38?,39-/m1/s1. The van der Waals surface area contributed by atoms with E-state index < -0.39 is 56.1 Å². The molecule has 2 atom stereocenters. The monoisotopic (exact) mass is 768 g/mol. The zero-order chi connectivity index (χ0) is 37.7. The summed E-state index contributed by atoms with van der Waals surface area (Å²) in [6, 6.07) is 15.4. The second-order valence-electron chi connectivity index (χ2n) is 14.3. The number of aromatic nitrogens is 2. The Morgan fingerprint density at radius 3 is 2.61 bits per heavy atom. The van der Waals surface area contributed by atoms with Crippen LogP contribution in [0.1, 0.15) is 49.8 Å². The predicted molar refractivity (Wildman–Crippen MR) is 205 cm³/mol. The molecule has 2 aromatic carbocycles. The SMILES string of the molecule is C=C[C@@H]1C[C@]1(NC(=O)C12CC(C1)Oc1cc(-c3ccccc3)nc3cc(OC)c(cc13)/C=C\CCc1csc(n1)NCC(=O)N2)C(=O)NS(=O)(=O)C1CC1. The highest BCUT2D eigenvalue weighted by molar-refractivity contribution is 7.91. The van der Waals surface area contributed by atoms with E-state index in [2.05, 4.69) is 38.3 Å². The third-order valence-corrected chi connectivity index (χ3v) is 13.2. The average molecular weight is 769 g/mol. The topological polar surface area (TPSA) is 178 Å². The van der Waals surface area contributed by atoms with Crippen molar-refractivity contribution in [2.75, 3.05) is 19.0 Å². The van der Waals surface area contributed by atoms with Gasteiger partial charge in [0, 0.05) is 52.8 Å². The lowest BCUT2D eigenvalue weighted by molar-refractivity contribution is -0.143. The van der Waals surface area contributed by atoms with Gasteiger partial charge in [-0.2, -0.15) is 0 Å². The second kappa shape index (κ2) is 13.9. The van der Waals surface area contributed by atoms with Crippen LogP contribution in [0.5, 0.6) is 11.5 Å². The van der Waals surface area contributed by atoms with Crippen molar-refractivity contribution in [1.29, 1.82) is 0 Å². The first kappa shape index (κ1) is 35.7. The van der Waals surface area contributed by atoms with Crippen molar-refractivity contribution in [2.24, 2.45) is 5.92 Å². The van der Waals surface area contributed by atoms with Crippen molar-refractivity contribution in [3.63, 3.8) is 0 Å². The maximum Gasteiger partial charge on any atom is 0.259 e. The molecular weight excluding hydrogens is 729 g/mol. The van der Waals surface area contributed by atoms with Gasteiger partial charge in [0.2, 0.25) is 21.8 Å². The Kier molecular flexibility index (Phi) is 9.17. The summed E-state index contributed by atoms with van der Waals surface area (Å²) < 4.78 is 40.1. The summed E-state index contributed by atoms with van der Waals surface area (Å²) >= 11 is 1.38. The first-order chi connectivity index (χ1) is 26.0. The van der Waals surface area contributed by atoms with Crippen LogP contribution in [0.3, 0.4) is 0 Å². The van der Waals surface area contributed by atoms with E-state index in [9.17, 15) is 22.8 Å². The normalized spacial score (nSPS) is 25.6. The number of aryl methyl sites for hydroxylation is 1. The smallest absolute Gasteiger partial charge is 0.259 e. The van der Waals surface area contributed by atoms with Crippen LogP contribution in [-0.4, -0.2) is 72.2 Å². The summed E-state index contributed by atoms with van der Waals surface area (Å²) in [5, 5.41) is 11.5. The summed E-state index contributed by atoms with van der Waals surface area (Å²) in [5.74, 6) is -1.16. The number of hydrogen-bond acceptors (Lipinski definition) is 11. The lowest BCUT2D eigenvalue weighted by Crippen LogP contribution is -2.70. The number of fused-ring (bicyclic) bond motifs is 5. The van der Waals surface area contributed by atoms with Crippen molar-refractivity contribution in [3.8, 4) is 22.8 Å². The van der Waals surface area contributed by atoms with Crippen LogP contribution < -0.4 is 30.1 Å². The number of methoxy groups -OCH3 is 1. The second-order valence-corrected chi connectivity index (χ2v) is 17.2. The van der Waals surface area contributed by atoms with E-state index in [1.165, 1.54) is 17.4 Å². The first-order valence-electron chi connectivity index (χ1n) is 17.9. The third-order valence-electron chi connectivity index (χ3n) is 10.5. The average Bonchev–Trinajstić information content (AvgIpc) is 4.08. The number of sulfonamides is 1. The van der Waals surface area contributed by atoms with Crippen molar-refractivity contribution in [2.45, 2.75) is 67.4 Å². The number of rotatable bonds is 8. The number of carbonyl (C=O) groups is 3. The number of ether oxygens (including phenoxy) is 2. The van der Waals surface area contributed by atoms with Gasteiger partial charge >= 0.3 is 0 Å². The Bertz CT molecular complexity index is 2300. The summed E-state index contributed by atoms with van der Waals surface area (Å²) in [6.45, 7) is 3.65. The molecule has 15 heteroatoms. The fraction of sp³-hybridized carbons (Fsp3) is 0.359. The molecule has 4 N–H and O–H groups in total. The molecule has 4 heterocycles. The number of nitrogens with one attached hydrogen (secondary N) is 4. The van der Waals surface area contributed by atoms with Crippen LogP contribution in [0.2, 0.25) is 0 Å². The van der Waals surface area contributed by atoms with Crippen LogP contribution >= 0.6 is 11.3 Å². The van der Waals surface area contributed by atoms with E-state index in [1.807, 2.05) is 60.0 Å². The Morgan fingerprint density at radius 2 is 1.89 bits per heavy atom. The van der Waals surface area contributed by atoms with Crippen LogP contribution in [0, 0.1) is 5.92 Å². The van der Waals surface area contributed by atoms with Crippen molar-refractivity contribution in [1.82, 2.24) is 25.3 Å². The van der Waals surface area contributed by atoms with E-state index in [0.717, 1.165) is 28.6 Å². The minimum absolute atomic E-state index is 0.0796.